The molecule has 8 heteroatoms. The molecule has 2 heterocycles. The van der Waals surface area contributed by atoms with Crippen molar-refractivity contribution in [3.8, 4) is 0 Å². The molecular formula is C18H32N2O4SSi. The highest BCUT2D eigenvalue weighted by atomic mass is 32.2. The zero-order valence-corrected chi connectivity index (χ0v) is 18.3. The van der Waals surface area contributed by atoms with E-state index in [1.807, 2.05) is 13.8 Å². The van der Waals surface area contributed by atoms with E-state index in [0.29, 0.717) is 13.0 Å². The smallest absolute Gasteiger partial charge is 0.228 e. The predicted octanol–water partition coefficient (Wildman–Crippen LogP) is 2.30. The lowest BCUT2D eigenvalue weighted by molar-refractivity contribution is -0.143. The van der Waals surface area contributed by atoms with Crippen molar-refractivity contribution in [2.45, 2.75) is 76.6 Å². The quantitative estimate of drug-likeness (QED) is 0.458. The average molecular weight is 401 g/mol. The Hall–Kier alpha value is -0.863. The maximum Gasteiger partial charge on any atom is 0.228 e. The molecule has 26 heavy (non-hydrogen) atoms. The van der Waals surface area contributed by atoms with Crippen molar-refractivity contribution >= 4 is 37.0 Å². The fourth-order valence-corrected chi connectivity index (χ4v) is 7.93. The van der Waals surface area contributed by atoms with Crippen molar-refractivity contribution < 1.29 is 18.8 Å². The molecule has 2 N–H and O–H groups in total. The number of thioether (sulfide) groups is 1. The van der Waals surface area contributed by atoms with Gasteiger partial charge in [-0.3, -0.25) is 14.4 Å². The highest BCUT2D eigenvalue weighted by molar-refractivity contribution is 8.14. The van der Waals surface area contributed by atoms with Gasteiger partial charge in [-0.1, -0.05) is 39.5 Å². The second-order valence-corrected chi connectivity index (χ2v) is 13.5. The highest BCUT2D eigenvalue weighted by Gasteiger charge is 2.49. The molecule has 2 aliphatic rings. The monoisotopic (exact) mass is 400 g/mol. The van der Waals surface area contributed by atoms with E-state index in [1.165, 1.54) is 11.8 Å². The third-order valence-corrected chi connectivity index (χ3v) is 12.0. The van der Waals surface area contributed by atoms with Gasteiger partial charge in [0.2, 0.25) is 11.8 Å². The van der Waals surface area contributed by atoms with Crippen LogP contribution in [0.2, 0.25) is 18.1 Å². The van der Waals surface area contributed by atoms with Crippen molar-refractivity contribution in [1.29, 1.82) is 0 Å². The second-order valence-electron chi connectivity index (χ2n) is 7.48. The van der Waals surface area contributed by atoms with Gasteiger partial charge < -0.3 is 15.1 Å². The van der Waals surface area contributed by atoms with Crippen molar-refractivity contribution in [3.63, 3.8) is 0 Å². The lowest BCUT2D eigenvalue weighted by Crippen LogP contribution is -2.66. The molecule has 6 nitrogen and oxygen atoms in total. The fourth-order valence-electron chi connectivity index (χ4n) is 3.91. The lowest BCUT2D eigenvalue weighted by atomic mass is 9.79. The molecule has 0 aliphatic carbocycles. The van der Waals surface area contributed by atoms with Crippen LogP contribution in [0.15, 0.2) is 0 Å². The zero-order valence-electron chi connectivity index (χ0n) is 16.5. The van der Waals surface area contributed by atoms with Crippen LogP contribution in [0.5, 0.6) is 0 Å². The van der Waals surface area contributed by atoms with Gasteiger partial charge in [-0.05, 0) is 25.1 Å². The standard InChI is InChI=1S/C18H32N2O4SSi/c1-6-26(7-2,8-3)24-12(5)15-16(20-17(15)22)11(4)18(23)25-13-9-14(21)19-10-13/h11-13,15-16H,6-10H2,1-5H3,(H,19,21)(H,20,22)/t11-,12-,13-,15-,16-/m1/s1. The molecule has 2 rings (SSSR count). The Labute approximate surface area is 161 Å². The Morgan fingerprint density at radius 3 is 2.31 bits per heavy atom. The minimum atomic E-state index is -1.80. The van der Waals surface area contributed by atoms with Gasteiger partial charge in [0.15, 0.2) is 13.4 Å². The van der Waals surface area contributed by atoms with Gasteiger partial charge in [0, 0.05) is 24.1 Å². The van der Waals surface area contributed by atoms with E-state index in [0.717, 1.165) is 18.1 Å². The summed E-state index contributed by atoms with van der Waals surface area (Å²) in [5.41, 5.74) is 0. The Bertz CT molecular complexity index is 547. The Morgan fingerprint density at radius 2 is 1.85 bits per heavy atom. The van der Waals surface area contributed by atoms with Crippen LogP contribution in [0.1, 0.15) is 41.0 Å². The van der Waals surface area contributed by atoms with Gasteiger partial charge >= 0.3 is 0 Å². The molecule has 148 valence electrons. The number of carbonyl (C=O) groups is 3. The Kier molecular flexibility index (Phi) is 7.32. The number of carbonyl (C=O) groups excluding carboxylic acids is 3. The number of β-lactam (4-membered cyclic amide) rings is 1. The van der Waals surface area contributed by atoms with Gasteiger partial charge in [0.25, 0.3) is 0 Å². The molecule has 2 saturated heterocycles. The molecule has 0 aromatic rings. The molecule has 2 fully saturated rings. The van der Waals surface area contributed by atoms with Gasteiger partial charge in [-0.2, -0.15) is 0 Å². The van der Waals surface area contributed by atoms with Gasteiger partial charge in [0.1, 0.15) is 0 Å². The number of hydrogen-bond acceptors (Lipinski definition) is 5. The van der Waals surface area contributed by atoms with Crippen LogP contribution in [0, 0.1) is 11.8 Å². The molecule has 0 aromatic heterocycles. The lowest BCUT2D eigenvalue weighted by Gasteiger charge is -2.45. The maximum atomic E-state index is 12.6. The number of hydrogen-bond donors (Lipinski definition) is 2. The summed E-state index contributed by atoms with van der Waals surface area (Å²) in [6.07, 6.45) is 0.219. The first-order chi connectivity index (χ1) is 12.3. The minimum absolute atomic E-state index is 0.000191. The van der Waals surface area contributed by atoms with Gasteiger partial charge in [0.05, 0.1) is 18.1 Å². The number of rotatable bonds is 9. The van der Waals surface area contributed by atoms with Crippen LogP contribution in [0.25, 0.3) is 0 Å². The van der Waals surface area contributed by atoms with E-state index in [9.17, 15) is 14.4 Å². The van der Waals surface area contributed by atoms with Crippen molar-refractivity contribution in [1.82, 2.24) is 10.6 Å². The Morgan fingerprint density at radius 1 is 1.23 bits per heavy atom. The maximum absolute atomic E-state index is 12.6. The minimum Gasteiger partial charge on any atom is -0.413 e. The normalized spacial score (nSPS) is 28.1. The largest absolute Gasteiger partial charge is 0.413 e. The fraction of sp³-hybridized carbons (Fsp3) is 0.833. The van der Waals surface area contributed by atoms with Gasteiger partial charge in [-0.25, -0.2) is 0 Å². The molecule has 2 amide bonds. The van der Waals surface area contributed by atoms with Crippen LogP contribution in [0.4, 0.5) is 0 Å². The molecule has 0 aromatic carbocycles. The van der Waals surface area contributed by atoms with Crippen molar-refractivity contribution in [2.24, 2.45) is 11.8 Å². The van der Waals surface area contributed by atoms with Crippen LogP contribution in [0.3, 0.4) is 0 Å². The predicted molar refractivity (Wildman–Crippen MR) is 106 cm³/mol. The average Bonchev–Trinajstić information content (AvgIpc) is 3.01. The summed E-state index contributed by atoms with van der Waals surface area (Å²) in [5.74, 6) is -0.573. The molecule has 0 saturated carbocycles. The highest BCUT2D eigenvalue weighted by Crippen LogP contribution is 2.34. The summed E-state index contributed by atoms with van der Waals surface area (Å²) in [5, 5.41) is 5.70. The van der Waals surface area contributed by atoms with Crippen LogP contribution >= 0.6 is 11.8 Å². The molecular weight excluding hydrogens is 368 g/mol. The van der Waals surface area contributed by atoms with E-state index in [2.05, 4.69) is 31.4 Å². The van der Waals surface area contributed by atoms with Crippen molar-refractivity contribution in [3.05, 3.63) is 0 Å². The first-order valence-electron chi connectivity index (χ1n) is 9.72. The number of amides is 2. The van der Waals surface area contributed by atoms with Crippen molar-refractivity contribution in [2.75, 3.05) is 6.54 Å². The zero-order chi connectivity index (χ0) is 19.5. The molecule has 0 radical (unpaired) electrons. The van der Waals surface area contributed by atoms with Gasteiger partial charge in [-0.15, -0.1) is 0 Å². The van der Waals surface area contributed by atoms with E-state index >= 15 is 0 Å². The van der Waals surface area contributed by atoms with Crippen LogP contribution < -0.4 is 10.6 Å². The summed E-state index contributed by atoms with van der Waals surface area (Å²) in [4.78, 5) is 36.1. The first kappa shape index (κ1) is 21.4. The SMILES string of the molecule is CC[Si](CC)(CC)O[C@H](C)[C@H]1C(=O)N[C@@H]1[C@@H](C)C(=O)S[C@H]1CNC(=O)C1. The molecule has 2 aliphatic heterocycles. The second kappa shape index (κ2) is 8.88. The van der Waals surface area contributed by atoms with E-state index in [1.54, 1.807) is 0 Å². The van der Waals surface area contributed by atoms with E-state index < -0.39 is 8.32 Å². The summed E-state index contributed by atoms with van der Waals surface area (Å²) in [6, 6.07) is 2.93. The molecule has 5 atom stereocenters. The molecule has 0 spiro atoms. The summed E-state index contributed by atoms with van der Waals surface area (Å²) < 4.78 is 6.47. The van der Waals surface area contributed by atoms with Crippen LogP contribution in [-0.2, 0) is 18.8 Å². The molecule has 0 unspecified atom stereocenters. The van der Waals surface area contributed by atoms with E-state index in [4.69, 9.17) is 4.43 Å². The first-order valence-corrected chi connectivity index (χ1v) is 13.1. The van der Waals surface area contributed by atoms with E-state index in [-0.39, 0.29) is 46.2 Å². The summed E-state index contributed by atoms with van der Waals surface area (Å²) in [7, 11) is -1.80. The topological polar surface area (TPSA) is 84.5 Å². The van der Waals surface area contributed by atoms with Crippen LogP contribution in [-0.4, -0.2) is 49.2 Å². The molecule has 0 bridgehead atoms. The third-order valence-electron chi connectivity index (χ3n) is 6.01. The summed E-state index contributed by atoms with van der Waals surface area (Å²) >= 11 is 1.23. The third kappa shape index (κ3) is 4.51. The summed E-state index contributed by atoms with van der Waals surface area (Å²) in [6.45, 7) is 10.9. The Balaban J connectivity index is 1.97. The number of nitrogens with one attached hydrogen (secondary N) is 2.